The summed E-state index contributed by atoms with van der Waals surface area (Å²) in [5, 5.41) is 0. The molecule has 0 bridgehead atoms. The Balaban J connectivity index is 1.51. The highest BCUT2D eigenvalue weighted by Gasteiger charge is 2.37. The Bertz CT molecular complexity index is 1020. The zero-order valence-corrected chi connectivity index (χ0v) is 16.0. The van der Waals surface area contributed by atoms with Crippen LogP contribution in [0.4, 0.5) is 0 Å². The molecule has 1 N–H and O–H groups in total. The van der Waals surface area contributed by atoms with Gasteiger partial charge in [-0.25, -0.2) is 9.36 Å². The zero-order valence-electron chi connectivity index (χ0n) is 15.1. The van der Waals surface area contributed by atoms with Crippen molar-refractivity contribution in [2.24, 2.45) is 0 Å². The van der Waals surface area contributed by atoms with Crippen LogP contribution in [0.25, 0.3) is 11.0 Å². The number of nitrogens with zero attached hydrogens (tertiary/aromatic N) is 2. The minimum absolute atomic E-state index is 0.0481. The van der Waals surface area contributed by atoms with Gasteiger partial charge in [0.15, 0.2) is 0 Å². The van der Waals surface area contributed by atoms with Gasteiger partial charge in [0.25, 0.3) is 0 Å². The third-order valence-corrected chi connectivity index (χ3v) is 6.97. The molecule has 3 aromatic rings. The lowest BCUT2D eigenvalue weighted by Gasteiger charge is -2.35. The number of imidazole rings is 1. The second kappa shape index (κ2) is 7.35. The molecule has 7 nitrogen and oxygen atoms in total. The number of benzene rings is 2. The number of piperidine rings is 1. The van der Waals surface area contributed by atoms with Crippen molar-refractivity contribution in [1.29, 1.82) is 0 Å². The number of aromatic amines is 1. The normalized spacial score (nSPS) is 18.4. The molecule has 142 valence electrons. The first kappa shape index (κ1) is 18.0. The first-order valence-corrected chi connectivity index (χ1v) is 10.5. The van der Waals surface area contributed by atoms with Crippen molar-refractivity contribution < 1.29 is 13.6 Å². The lowest BCUT2D eigenvalue weighted by molar-refractivity contribution is 0.200. The second-order valence-electron chi connectivity index (χ2n) is 6.56. The Morgan fingerprint density at radius 2 is 1.70 bits per heavy atom. The Morgan fingerprint density at radius 1 is 1.04 bits per heavy atom. The van der Waals surface area contributed by atoms with Gasteiger partial charge in [-0.3, -0.25) is 9.09 Å². The number of aromatic nitrogens is 2. The van der Waals surface area contributed by atoms with Gasteiger partial charge >= 0.3 is 13.4 Å². The number of hydrogen-bond donors (Lipinski definition) is 1. The van der Waals surface area contributed by atoms with Gasteiger partial charge in [-0.1, -0.05) is 30.3 Å². The average molecular weight is 387 g/mol. The number of fused-ring (bicyclic) bond motifs is 1. The molecular weight excluding hydrogens is 365 g/mol. The van der Waals surface area contributed by atoms with E-state index in [-0.39, 0.29) is 11.7 Å². The summed E-state index contributed by atoms with van der Waals surface area (Å²) in [7, 11) is -2.02. The van der Waals surface area contributed by atoms with Gasteiger partial charge in [-0.15, -0.1) is 0 Å². The fraction of sp³-hybridized carbons (Fsp3) is 0.316. The van der Waals surface area contributed by atoms with Crippen molar-refractivity contribution in [2.45, 2.75) is 18.9 Å². The molecule has 1 saturated heterocycles. The Kier molecular flexibility index (Phi) is 4.91. The number of rotatable bonds is 5. The summed E-state index contributed by atoms with van der Waals surface area (Å²) in [6.07, 6.45) is 1.38. The van der Waals surface area contributed by atoms with E-state index in [1.165, 1.54) is 7.11 Å². The lowest BCUT2D eigenvalue weighted by Crippen LogP contribution is -2.36. The highest BCUT2D eigenvalue weighted by Crippen LogP contribution is 2.52. The van der Waals surface area contributed by atoms with Gasteiger partial charge < -0.3 is 9.51 Å². The van der Waals surface area contributed by atoms with Crippen molar-refractivity contribution in [1.82, 2.24) is 14.2 Å². The smallest absolute Gasteiger partial charge is 0.413 e. The summed E-state index contributed by atoms with van der Waals surface area (Å²) in [4.78, 5) is 15.3. The predicted octanol–water partition coefficient (Wildman–Crippen LogP) is 3.80. The number of para-hydroxylation sites is 3. The minimum atomic E-state index is -3.42. The van der Waals surface area contributed by atoms with E-state index in [2.05, 4.69) is 4.98 Å². The Labute approximate surface area is 157 Å². The number of nitrogens with one attached hydrogen (secondary N) is 1. The van der Waals surface area contributed by atoms with Gasteiger partial charge in [0, 0.05) is 26.2 Å². The molecule has 2 heterocycles. The summed E-state index contributed by atoms with van der Waals surface area (Å²) in [6.45, 7) is 1.04. The first-order chi connectivity index (χ1) is 13.1. The van der Waals surface area contributed by atoms with Crippen LogP contribution in [0.1, 0.15) is 18.9 Å². The quantitative estimate of drug-likeness (QED) is 0.674. The summed E-state index contributed by atoms with van der Waals surface area (Å²) in [5.74, 6) is 0.512. The van der Waals surface area contributed by atoms with Crippen LogP contribution >= 0.6 is 7.75 Å². The molecule has 1 fully saturated rings. The average Bonchev–Trinajstić information content (AvgIpc) is 3.04. The second-order valence-corrected chi connectivity index (χ2v) is 8.61. The molecule has 1 unspecified atom stereocenters. The molecule has 0 saturated carbocycles. The fourth-order valence-corrected chi connectivity index (χ4v) is 5.15. The SMILES string of the molecule is COP(=O)(Oc1ccccc1)N1CCC(n2c(=O)[nH]c3ccccc32)CC1. The largest absolute Gasteiger partial charge is 0.461 e. The van der Waals surface area contributed by atoms with E-state index in [0.717, 1.165) is 11.0 Å². The highest BCUT2D eigenvalue weighted by atomic mass is 31.2. The van der Waals surface area contributed by atoms with Crippen molar-refractivity contribution >= 4 is 18.8 Å². The highest BCUT2D eigenvalue weighted by molar-refractivity contribution is 7.51. The summed E-state index contributed by atoms with van der Waals surface area (Å²) in [6, 6.07) is 16.7. The van der Waals surface area contributed by atoms with E-state index in [9.17, 15) is 9.36 Å². The molecule has 1 aliphatic rings. The van der Waals surface area contributed by atoms with Crippen LogP contribution in [0.15, 0.2) is 59.4 Å². The van der Waals surface area contributed by atoms with Crippen LogP contribution in [0.3, 0.4) is 0 Å². The predicted molar refractivity (Wildman–Crippen MR) is 104 cm³/mol. The third kappa shape index (κ3) is 3.46. The van der Waals surface area contributed by atoms with E-state index < -0.39 is 7.75 Å². The van der Waals surface area contributed by atoms with Gasteiger partial charge in [0.05, 0.1) is 11.0 Å². The summed E-state index contributed by atoms with van der Waals surface area (Å²) >= 11 is 0. The Morgan fingerprint density at radius 3 is 2.41 bits per heavy atom. The fourth-order valence-electron chi connectivity index (χ4n) is 3.62. The monoisotopic (exact) mass is 387 g/mol. The van der Waals surface area contributed by atoms with Gasteiger partial charge in [-0.2, -0.15) is 4.67 Å². The van der Waals surface area contributed by atoms with E-state index in [4.69, 9.17) is 9.05 Å². The molecule has 0 radical (unpaired) electrons. The van der Waals surface area contributed by atoms with Crippen LogP contribution in [0.5, 0.6) is 5.75 Å². The Hall–Kier alpha value is -2.34. The summed E-state index contributed by atoms with van der Waals surface area (Å²) < 4.78 is 27.7. The van der Waals surface area contributed by atoms with Gasteiger partial charge in [-0.05, 0) is 37.1 Å². The standard InChI is InChI=1S/C19H22N3O4P/c1-25-27(24,26-16-7-3-2-4-8-16)21-13-11-15(12-14-21)22-18-10-6-5-9-17(18)20-19(22)23/h2-10,15H,11-14H2,1H3,(H,20,23). The van der Waals surface area contributed by atoms with Crippen LogP contribution < -0.4 is 10.2 Å². The molecule has 27 heavy (non-hydrogen) atoms. The lowest BCUT2D eigenvalue weighted by atomic mass is 10.1. The topological polar surface area (TPSA) is 76.6 Å². The van der Waals surface area contributed by atoms with Crippen molar-refractivity contribution in [3.8, 4) is 5.75 Å². The van der Waals surface area contributed by atoms with E-state index in [1.807, 2.05) is 47.0 Å². The van der Waals surface area contributed by atoms with Crippen LogP contribution in [0.2, 0.25) is 0 Å². The number of hydrogen-bond acceptors (Lipinski definition) is 4. The maximum atomic E-state index is 13.2. The van der Waals surface area contributed by atoms with E-state index >= 15 is 0 Å². The molecule has 4 rings (SSSR count). The number of H-pyrrole nitrogens is 1. The van der Waals surface area contributed by atoms with Gasteiger partial charge in [0.1, 0.15) is 5.75 Å². The van der Waals surface area contributed by atoms with Crippen LogP contribution in [0, 0.1) is 0 Å². The summed E-state index contributed by atoms with van der Waals surface area (Å²) in [5.41, 5.74) is 1.63. The molecular formula is C19H22N3O4P. The van der Waals surface area contributed by atoms with Crippen LogP contribution in [-0.2, 0) is 9.09 Å². The van der Waals surface area contributed by atoms with Gasteiger partial charge in [0.2, 0.25) is 0 Å². The zero-order chi connectivity index (χ0) is 18.9. The molecule has 1 atom stereocenters. The minimum Gasteiger partial charge on any atom is -0.413 e. The van der Waals surface area contributed by atoms with Crippen molar-refractivity contribution in [3.63, 3.8) is 0 Å². The third-order valence-electron chi connectivity index (χ3n) is 4.97. The molecule has 0 spiro atoms. The van der Waals surface area contributed by atoms with Crippen molar-refractivity contribution in [3.05, 3.63) is 65.1 Å². The van der Waals surface area contributed by atoms with Crippen molar-refractivity contribution in [2.75, 3.05) is 20.2 Å². The molecule has 2 aromatic carbocycles. The maximum Gasteiger partial charge on any atom is 0.461 e. The van der Waals surface area contributed by atoms with E-state index in [0.29, 0.717) is 31.7 Å². The first-order valence-electron chi connectivity index (χ1n) is 8.96. The molecule has 0 aliphatic carbocycles. The van der Waals surface area contributed by atoms with Crippen LogP contribution in [-0.4, -0.2) is 34.4 Å². The molecule has 1 aromatic heterocycles. The maximum absolute atomic E-state index is 13.2. The molecule has 0 amide bonds. The van der Waals surface area contributed by atoms with E-state index in [1.54, 1.807) is 16.8 Å². The molecule has 8 heteroatoms. The molecule has 1 aliphatic heterocycles.